The fourth-order valence-electron chi connectivity index (χ4n) is 1.63. The number of nitrogens with one attached hydrogen (secondary N) is 1. The van der Waals surface area contributed by atoms with Crippen molar-refractivity contribution in [2.45, 2.75) is 32.7 Å². The predicted molar refractivity (Wildman–Crippen MR) is 69.0 cm³/mol. The van der Waals surface area contributed by atoms with E-state index in [0.29, 0.717) is 18.9 Å². The summed E-state index contributed by atoms with van der Waals surface area (Å²) in [5.74, 6) is 1.42. The Labute approximate surface area is 103 Å². The van der Waals surface area contributed by atoms with Gasteiger partial charge >= 0.3 is 0 Å². The van der Waals surface area contributed by atoms with E-state index in [0.717, 1.165) is 17.9 Å². The van der Waals surface area contributed by atoms with Gasteiger partial charge in [-0.1, -0.05) is 26.0 Å². The van der Waals surface area contributed by atoms with Crippen LogP contribution in [-0.4, -0.2) is 13.7 Å². The molecule has 0 saturated carbocycles. The fraction of sp³-hybridized carbons (Fsp3) is 0.500. The van der Waals surface area contributed by atoms with Crippen LogP contribution in [0.5, 0.6) is 5.75 Å². The molecule has 0 unspecified atom stereocenters. The zero-order valence-electron chi connectivity index (χ0n) is 10.8. The predicted octanol–water partition coefficient (Wildman–Crippen LogP) is 2.82. The first kappa shape index (κ1) is 13.5. The molecule has 0 aliphatic carbocycles. The van der Waals surface area contributed by atoms with Crippen molar-refractivity contribution in [3.63, 3.8) is 0 Å². The van der Waals surface area contributed by atoms with E-state index in [4.69, 9.17) is 10.00 Å². The molecule has 1 aromatic rings. The molecule has 0 saturated heterocycles. The van der Waals surface area contributed by atoms with Gasteiger partial charge in [0.1, 0.15) is 5.75 Å². The van der Waals surface area contributed by atoms with Gasteiger partial charge in [-0.2, -0.15) is 5.26 Å². The van der Waals surface area contributed by atoms with Crippen molar-refractivity contribution in [2.75, 3.05) is 13.7 Å². The van der Waals surface area contributed by atoms with E-state index in [-0.39, 0.29) is 0 Å². The lowest BCUT2D eigenvalue weighted by Crippen LogP contribution is -2.14. The van der Waals surface area contributed by atoms with E-state index in [9.17, 15) is 0 Å². The van der Waals surface area contributed by atoms with Crippen LogP contribution in [0.2, 0.25) is 0 Å². The average Bonchev–Trinajstić information content (AvgIpc) is 2.34. The summed E-state index contributed by atoms with van der Waals surface area (Å²) < 4.78 is 5.39. The maximum Gasteiger partial charge on any atom is 0.123 e. The average molecular weight is 232 g/mol. The minimum Gasteiger partial charge on any atom is -0.496 e. The molecule has 3 heteroatoms. The topological polar surface area (TPSA) is 45.0 Å². The Morgan fingerprint density at radius 2 is 2.18 bits per heavy atom. The second kappa shape index (κ2) is 6.93. The number of hydrogen-bond donors (Lipinski definition) is 1. The van der Waals surface area contributed by atoms with E-state index in [2.05, 4.69) is 43.4 Å². The largest absolute Gasteiger partial charge is 0.496 e. The third-order valence-electron chi connectivity index (χ3n) is 2.71. The van der Waals surface area contributed by atoms with Crippen molar-refractivity contribution >= 4 is 0 Å². The van der Waals surface area contributed by atoms with Gasteiger partial charge in [-0.3, -0.25) is 0 Å². The van der Waals surface area contributed by atoms with Crippen LogP contribution in [0.1, 0.15) is 37.3 Å². The molecule has 0 aliphatic heterocycles. The van der Waals surface area contributed by atoms with Crippen molar-refractivity contribution in [2.24, 2.45) is 0 Å². The summed E-state index contributed by atoms with van der Waals surface area (Å²) >= 11 is 0. The Bertz CT molecular complexity index is 394. The van der Waals surface area contributed by atoms with Crippen LogP contribution in [0.4, 0.5) is 0 Å². The lowest BCUT2D eigenvalue weighted by molar-refractivity contribution is 0.407. The Morgan fingerprint density at radius 1 is 1.41 bits per heavy atom. The highest BCUT2D eigenvalue weighted by molar-refractivity contribution is 5.38. The molecular formula is C14H20N2O. The highest BCUT2D eigenvalue weighted by Crippen LogP contribution is 2.24. The smallest absolute Gasteiger partial charge is 0.123 e. The van der Waals surface area contributed by atoms with Crippen LogP contribution in [0.25, 0.3) is 0 Å². The van der Waals surface area contributed by atoms with Crippen molar-refractivity contribution in [3.05, 3.63) is 29.3 Å². The molecule has 0 aliphatic rings. The van der Waals surface area contributed by atoms with Crippen LogP contribution in [-0.2, 0) is 6.54 Å². The Kier molecular flexibility index (Phi) is 5.51. The van der Waals surface area contributed by atoms with Crippen molar-refractivity contribution in [3.8, 4) is 11.8 Å². The molecular weight excluding hydrogens is 212 g/mol. The van der Waals surface area contributed by atoms with Crippen LogP contribution in [0, 0.1) is 11.3 Å². The zero-order valence-corrected chi connectivity index (χ0v) is 10.8. The zero-order chi connectivity index (χ0) is 12.7. The fourth-order valence-corrected chi connectivity index (χ4v) is 1.63. The second-order valence-corrected chi connectivity index (χ2v) is 4.31. The van der Waals surface area contributed by atoms with Gasteiger partial charge in [0.25, 0.3) is 0 Å². The first-order valence-corrected chi connectivity index (χ1v) is 5.93. The van der Waals surface area contributed by atoms with Crippen LogP contribution in [0.3, 0.4) is 0 Å². The van der Waals surface area contributed by atoms with Gasteiger partial charge in [0.2, 0.25) is 0 Å². The highest BCUT2D eigenvalue weighted by Gasteiger charge is 2.06. The SMILES string of the molecule is COc1cc(C(C)C)ccc1CNCCC#N. The second-order valence-electron chi connectivity index (χ2n) is 4.31. The van der Waals surface area contributed by atoms with Gasteiger partial charge in [-0.25, -0.2) is 0 Å². The summed E-state index contributed by atoms with van der Waals surface area (Å²) in [6.45, 7) is 5.79. The molecule has 3 nitrogen and oxygen atoms in total. The number of methoxy groups -OCH3 is 1. The third kappa shape index (κ3) is 4.08. The molecule has 0 amide bonds. The molecule has 1 rings (SSSR count). The van der Waals surface area contributed by atoms with E-state index >= 15 is 0 Å². The molecule has 1 aromatic carbocycles. The Hall–Kier alpha value is -1.53. The minimum absolute atomic E-state index is 0.504. The van der Waals surface area contributed by atoms with Crippen molar-refractivity contribution in [1.29, 1.82) is 5.26 Å². The summed E-state index contributed by atoms with van der Waals surface area (Å²) in [6, 6.07) is 8.43. The van der Waals surface area contributed by atoms with Crippen LogP contribution < -0.4 is 10.1 Å². The molecule has 17 heavy (non-hydrogen) atoms. The molecule has 0 fully saturated rings. The standard InChI is InChI=1S/C14H20N2O/c1-11(2)12-5-6-13(14(9-12)17-3)10-16-8-4-7-15/h5-6,9,11,16H,4,8,10H2,1-3H3. The Balaban J connectivity index is 2.69. The lowest BCUT2D eigenvalue weighted by atomic mass is 10.0. The number of benzene rings is 1. The minimum atomic E-state index is 0.504. The van der Waals surface area contributed by atoms with Crippen LogP contribution in [0.15, 0.2) is 18.2 Å². The number of nitrogens with zero attached hydrogens (tertiary/aromatic N) is 1. The number of rotatable bonds is 6. The van der Waals surface area contributed by atoms with Gasteiger partial charge in [-0.15, -0.1) is 0 Å². The van der Waals surface area contributed by atoms with E-state index < -0.39 is 0 Å². The highest BCUT2D eigenvalue weighted by atomic mass is 16.5. The first-order valence-electron chi connectivity index (χ1n) is 5.93. The molecule has 0 aromatic heterocycles. The molecule has 0 spiro atoms. The maximum absolute atomic E-state index is 8.45. The molecule has 0 radical (unpaired) electrons. The normalized spacial score (nSPS) is 10.3. The molecule has 0 bridgehead atoms. The summed E-state index contributed by atoms with van der Waals surface area (Å²) in [5, 5.41) is 11.7. The van der Waals surface area contributed by atoms with Crippen molar-refractivity contribution < 1.29 is 4.74 Å². The summed E-state index contributed by atoms with van der Waals surface area (Å²) in [4.78, 5) is 0. The Morgan fingerprint density at radius 3 is 2.76 bits per heavy atom. The van der Waals surface area contributed by atoms with Crippen molar-refractivity contribution in [1.82, 2.24) is 5.32 Å². The van der Waals surface area contributed by atoms with E-state index in [1.165, 1.54) is 5.56 Å². The molecule has 1 N–H and O–H groups in total. The first-order chi connectivity index (χ1) is 8.19. The molecule has 0 heterocycles. The quantitative estimate of drug-likeness (QED) is 0.767. The monoisotopic (exact) mass is 232 g/mol. The third-order valence-corrected chi connectivity index (χ3v) is 2.71. The van der Waals surface area contributed by atoms with E-state index in [1.54, 1.807) is 7.11 Å². The number of ether oxygens (including phenoxy) is 1. The van der Waals surface area contributed by atoms with Gasteiger partial charge in [-0.05, 0) is 17.5 Å². The maximum atomic E-state index is 8.45. The summed E-state index contributed by atoms with van der Waals surface area (Å²) in [5.41, 5.74) is 2.41. The summed E-state index contributed by atoms with van der Waals surface area (Å²) in [7, 11) is 1.69. The van der Waals surface area contributed by atoms with Crippen LogP contribution >= 0.6 is 0 Å². The van der Waals surface area contributed by atoms with E-state index in [1.807, 2.05) is 0 Å². The lowest BCUT2D eigenvalue weighted by Gasteiger charge is -2.12. The molecule has 92 valence electrons. The molecule has 0 atom stereocenters. The van der Waals surface area contributed by atoms with Gasteiger partial charge in [0.15, 0.2) is 0 Å². The summed E-state index contributed by atoms with van der Waals surface area (Å²) in [6.07, 6.45) is 0.534. The van der Waals surface area contributed by atoms with Gasteiger partial charge < -0.3 is 10.1 Å². The number of hydrogen-bond acceptors (Lipinski definition) is 3. The van der Waals surface area contributed by atoms with Gasteiger partial charge in [0, 0.05) is 25.1 Å². The number of nitriles is 1. The van der Waals surface area contributed by atoms with Gasteiger partial charge in [0.05, 0.1) is 13.2 Å².